The lowest BCUT2D eigenvalue weighted by Crippen LogP contribution is -2.09. The van der Waals surface area contributed by atoms with E-state index in [1.807, 2.05) is 6.07 Å². The highest BCUT2D eigenvalue weighted by atomic mass is 19.3. The molecule has 0 radical (unpaired) electrons. The average molecular weight is 314 g/mol. The van der Waals surface area contributed by atoms with Crippen molar-refractivity contribution >= 4 is 5.57 Å². The molecule has 0 aliphatic heterocycles. The molecule has 2 rings (SSSR count). The van der Waals surface area contributed by atoms with Gasteiger partial charge in [-0.3, -0.25) is 0 Å². The summed E-state index contributed by atoms with van der Waals surface area (Å²) in [7, 11) is 1.59. The maximum absolute atomic E-state index is 13.8. The number of hydrogen-bond donors (Lipinski definition) is 1. The number of furan rings is 1. The zero-order chi connectivity index (χ0) is 17.0. The molecule has 118 valence electrons. The van der Waals surface area contributed by atoms with Crippen molar-refractivity contribution in [1.29, 1.82) is 5.26 Å². The number of nitriles is 1. The van der Waals surface area contributed by atoms with E-state index in [4.69, 9.17) is 4.42 Å². The van der Waals surface area contributed by atoms with Crippen molar-refractivity contribution in [1.82, 2.24) is 5.32 Å². The van der Waals surface area contributed by atoms with Gasteiger partial charge < -0.3 is 9.73 Å². The lowest BCUT2D eigenvalue weighted by Gasteiger charge is -2.15. The molecular weight excluding hydrogens is 298 g/mol. The molecule has 0 saturated heterocycles. The molecule has 0 aliphatic rings. The Morgan fingerprint density at radius 3 is 2.57 bits per heavy atom. The summed E-state index contributed by atoms with van der Waals surface area (Å²) in [6.45, 7) is 4.52. The van der Waals surface area contributed by atoms with E-state index in [-0.39, 0.29) is 11.3 Å². The van der Waals surface area contributed by atoms with Crippen molar-refractivity contribution < 1.29 is 13.2 Å². The molecule has 0 spiro atoms. The van der Waals surface area contributed by atoms with Crippen LogP contribution in [0.5, 0.6) is 0 Å². The fourth-order valence-electron chi connectivity index (χ4n) is 2.25. The van der Waals surface area contributed by atoms with E-state index in [0.29, 0.717) is 22.3 Å². The van der Waals surface area contributed by atoms with Gasteiger partial charge in [-0.1, -0.05) is 12.7 Å². The van der Waals surface area contributed by atoms with Gasteiger partial charge in [-0.25, -0.2) is 8.78 Å². The summed E-state index contributed by atoms with van der Waals surface area (Å²) in [5, 5.41) is 11.9. The zero-order valence-corrected chi connectivity index (χ0v) is 12.9. The van der Waals surface area contributed by atoms with Crippen molar-refractivity contribution in [2.75, 3.05) is 7.05 Å². The van der Waals surface area contributed by atoms with Crippen LogP contribution in [0.2, 0.25) is 0 Å². The van der Waals surface area contributed by atoms with Crippen molar-refractivity contribution in [2.24, 2.45) is 0 Å². The third-order valence-corrected chi connectivity index (χ3v) is 3.44. The molecule has 3 nitrogen and oxygen atoms in total. The Kier molecular flexibility index (Phi) is 4.65. The SMILES string of the molecule is C=C/C(=C(/C#N)NC)c1cc(-c2ccoc2)cc(C(C)(F)F)c1. The molecule has 0 fully saturated rings. The summed E-state index contributed by atoms with van der Waals surface area (Å²) in [5.41, 5.74) is 2.34. The molecule has 1 aromatic heterocycles. The van der Waals surface area contributed by atoms with Crippen LogP contribution in [0.1, 0.15) is 18.1 Å². The molecule has 5 heteroatoms. The normalized spacial score (nSPS) is 12.3. The predicted octanol–water partition coefficient (Wildman–Crippen LogP) is 4.70. The molecule has 1 N–H and O–H groups in total. The van der Waals surface area contributed by atoms with E-state index >= 15 is 0 Å². The van der Waals surface area contributed by atoms with E-state index in [0.717, 1.165) is 6.92 Å². The monoisotopic (exact) mass is 314 g/mol. The van der Waals surface area contributed by atoms with Crippen LogP contribution in [0.15, 0.2) is 59.6 Å². The molecule has 0 saturated carbocycles. The Morgan fingerprint density at radius 1 is 1.35 bits per heavy atom. The number of halogens is 2. The molecule has 0 bridgehead atoms. The van der Waals surface area contributed by atoms with Gasteiger partial charge in [-0.05, 0) is 35.4 Å². The van der Waals surface area contributed by atoms with E-state index in [2.05, 4.69) is 11.9 Å². The number of hydrogen-bond acceptors (Lipinski definition) is 3. The highest BCUT2D eigenvalue weighted by Crippen LogP contribution is 2.34. The second-order valence-corrected chi connectivity index (χ2v) is 5.05. The summed E-state index contributed by atoms with van der Waals surface area (Å²) in [6, 6.07) is 8.21. The first-order chi connectivity index (χ1) is 10.9. The Balaban J connectivity index is 2.74. The lowest BCUT2D eigenvalue weighted by molar-refractivity contribution is 0.0175. The van der Waals surface area contributed by atoms with E-state index in [1.54, 1.807) is 19.2 Å². The van der Waals surface area contributed by atoms with Gasteiger partial charge >= 0.3 is 0 Å². The molecule has 0 unspecified atom stereocenters. The largest absolute Gasteiger partial charge is 0.472 e. The van der Waals surface area contributed by atoms with Gasteiger partial charge in [0.2, 0.25) is 0 Å². The minimum atomic E-state index is -3.01. The zero-order valence-electron chi connectivity index (χ0n) is 12.9. The second kappa shape index (κ2) is 6.49. The third kappa shape index (κ3) is 3.49. The number of benzene rings is 1. The van der Waals surface area contributed by atoms with Crippen molar-refractivity contribution in [2.45, 2.75) is 12.8 Å². The number of alkyl halides is 2. The Labute approximate surface area is 133 Å². The van der Waals surface area contributed by atoms with Crippen LogP contribution in [0.4, 0.5) is 8.78 Å². The van der Waals surface area contributed by atoms with Crippen LogP contribution in [0.3, 0.4) is 0 Å². The molecule has 1 aromatic carbocycles. The maximum atomic E-state index is 13.8. The smallest absolute Gasteiger partial charge is 0.270 e. The molecule has 0 atom stereocenters. The minimum absolute atomic E-state index is 0.140. The van der Waals surface area contributed by atoms with E-state index in [9.17, 15) is 14.0 Å². The molecule has 23 heavy (non-hydrogen) atoms. The van der Waals surface area contributed by atoms with Crippen molar-refractivity contribution in [3.63, 3.8) is 0 Å². The molecule has 0 aliphatic carbocycles. The molecule has 1 heterocycles. The first kappa shape index (κ1) is 16.5. The van der Waals surface area contributed by atoms with Gasteiger partial charge in [0, 0.05) is 30.7 Å². The van der Waals surface area contributed by atoms with E-state index in [1.165, 1.54) is 30.7 Å². The third-order valence-electron chi connectivity index (χ3n) is 3.44. The van der Waals surface area contributed by atoms with Crippen LogP contribution < -0.4 is 5.32 Å². The molecule has 2 aromatic rings. The maximum Gasteiger partial charge on any atom is 0.270 e. The van der Waals surface area contributed by atoms with Gasteiger partial charge in [0.15, 0.2) is 0 Å². The Hall–Kier alpha value is -2.87. The Bertz CT molecular complexity index is 778. The summed E-state index contributed by atoms with van der Waals surface area (Å²) in [4.78, 5) is 0. The van der Waals surface area contributed by atoms with Gasteiger partial charge in [-0.2, -0.15) is 5.26 Å². The fourth-order valence-corrected chi connectivity index (χ4v) is 2.25. The van der Waals surface area contributed by atoms with Gasteiger partial charge in [-0.15, -0.1) is 0 Å². The predicted molar refractivity (Wildman–Crippen MR) is 85.5 cm³/mol. The number of rotatable bonds is 5. The molecular formula is C18H16F2N2O. The number of nitrogens with zero attached hydrogens (tertiary/aromatic N) is 1. The second-order valence-electron chi connectivity index (χ2n) is 5.05. The minimum Gasteiger partial charge on any atom is -0.472 e. The topological polar surface area (TPSA) is 49.0 Å². The fraction of sp³-hybridized carbons (Fsp3) is 0.167. The Morgan fingerprint density at radius 2 is 2.09 bits per heavy atom. The standard InChI is InChI=1S/C18H16F2N2O/c1-4-16(17(10-21)22-3)14-7-13(12-5-6-23-11-12)8-15(9-14)18(2,19)20/h4-9,11,22H,1H2,2-3H3/b17-16+. The first-order valence-electron chi connectivity index (χ1n) is 6.91. The summed E-state index contributed by atoms with van der Waals surface area (Å²) >= 11 is 0. The van der Waals surface area contributed by atoms with Crippen molar-refractivity contribution in [3.8, 4) is 17.2 Å². The summed E-state index contributed by atoms with van der Waals surface area (Å²) < 4.78 is 32.7. The highest BCUT2D eigenvalue weighted by molar-refractivity contribution is 5.81. The van der Waals surface area contributed by atoms with E-state index < -0.39 is 5.92 Å². The summed E-state index contributed by atoms with van der Waals surface area (Å²) in [5.74, 6) is -3.01. The van der Waals surface area contributed by atoms with Gasteiger partial charge in [0.1, 0.15) is 11.8 Å². The van der Waals surface area contributed by atoms with Crippen LogP contribution >= 0.6 is 0 Å². The first-order valence-corrected chi connectivity index (χ1v) is 6.91. The average Bonchev–Trinajstić information content (AvgIpc) is 3.05. The number of allylic oxidation sites excluding steroid dienone is 3. The lowest BCUT2D eigenvalue weighted by atomic mass is 9.94. The molecule has 0 amide bonds. The van der Waals surface area contributed by atoms with Crippen LogP contribution in [0, 0.1) is 11.3 Å². The summed E-state index contributed by atoms with van der Waals surface area (Å²) in [6.07, 6.45) is 4.43. The quantitative estimate of drug-likeness (QED) is 0.643. The van der Waals surface area contributed by atoms with Crippen LogP contribution in [-0.2, 0) is 5.92 Å². The van der Waals surface area contributed by atoms with Crippen molar-refractivity contribution in [3.05, 3.63) is 66.3 Å². The number of nitrogens with one attached hydrogen (secondary N) is 1. The van der Waals surface area contributed by atoms with Crippen LogP contribution in [0.25, 0.3) is 16.7 Å². The van der Waals surface area contributed by atoms with Crippen LogP contribution in [-0.4, -0.2) is 7.05 Å². The van der Waals surface area contributed by atoms with Gasteiger partial charge in [0.05, 0.1) is 12.5 Å². The highest BCUT2D eigenvalue weighted by Gasteiger charge is 2.26. The van der Waals surface area contributed by atoms with Gasteiger partial charge in [0.25, 0.3) is 5.92 Å².